The highest BCUT2D eigenvalue weighted by Crippen LogP contribution is 2.20. The number of primary amides is 1. The quantitative estimate of drug-likeness (QED) is 0.666. The molecular formula is C14H23F3N2O4. The lowest BCUT2D eigenvalue weighted by molar-refractivity contribution is -0.192. The van der Waals surface area contributed by atoms with Crippen molar-refractivity contribution in [2.24, 2.45) is 11.7 Å². The standard InChI is InChI=1S/C12H22N2O2.C2HF3O2/c1-9(2)3-6-14-7-4-10(5-8-14)11(15)12(13)16;3-2(4,5)1(6)7/h3,10-11,15H,4-8H2,1-2H3,(H2,13,16);(H,6,7). The lowest BCUT2D eigenvalue weighted by atomic mass is 9.91. The monoisotopic (exact) mass is 340 g/mol. The normalized spacial score (nSPS) is 17.7. The number of piperidine rings is 1. The average Bonchev–Trinajstić information content (AvgIpc) is 2.44. The van der Waals surface area contributed by atoms with E-state index in [0.717, 1.165) is 32.5 Å². The molecule has 1 saturated heterocycles. The topological polar surface area (TPSA) is 104 Å². The number of nitrogens with zero attached hydrogens (tertiary/aromatic N) is 1. The van der Waals surface area contributed by atoms with Crippen molar-refractivity contribution in [1.82, 2.24) is 4.90 Å². The van der Waals surface area contributed by atoms with Crippen LogP contribution in [0.3, 0.4) is 0 Å². The van der Waals surface area contributed by atoms with Gasteiger partial charge in [-0.1, -0.05) is 11.6 Å². The Morgan fingerprint density at radius 3 is 2.04 bits per heavy atom. The van der Waals surface area contributed by atoms with E-state index >= 15 is 0 Å². The van der Waals surface area contributed by atoms with Gasteiger partial charge in [0, 0.05) is 6.54 Å². The van der Waals surface area contributed by atoms with Crippen molar-refractivity contribution in [2.75, 3.05) is 19.6 Å². The lowest BCUT2D eigenvalue weighted by Crippen LogP contribution is -2.42. The molecule has 23 heavy (non-hydrogen) atoms. The fourth-order valence-electron chi connectivity index (χ4n) is 2.00. The minimum atomic E-state index is -5.08. The van der Waals surface area contributed by atoms with Crippen molar-refractivity contribution in [3.63, 3.8) is 0 Å². The molecule has 4 N–H and O–H groups in total. The first-order chi connectivity index (χ1) is 10.4. The third-order valence-corrected chi connectivity index (χ3v) is 3.37. The van der Waals surface area contributed by atoms with Gasteiger partial charge < -0.3 is 15.9 Å². The first kappa shape index (κ1) is 21.4. The smallest absolute Gasteiger partial charge is 0.475 e. The van der Waals surface area contributed by atoms with Crippen molar-refractivity contribution in [3.8, 4) is 0 Å². The van der Waals surface area contributed by atoms with E-state index in [4.69, 9.17) is 15.6 Å². The van der Waals surface area contributed by atoms with Gasteiger partial charge in [0.15, 0.2) is 0 Å². The minimum absolute atomic E-state index is 0.0421. The zero-order valence-electron chi connectivity index (χ0n) is 13.1. The Labute approximate surface area is 132 Å². The molecule has 1 atom stereocenters. The largest absolute Gasteiger partial charge is 0.490 e. The molecule has 0 spiro atoms. The van der Waals surface area contributed by atoms with Gasteiger partial charge in [0.1, 0.15) is 6.10 Å². The van der Waals surface area contributed by atoms with Crippen LogP contribution >= 0.6 is 0 Å². The number of aliphatic hydroxyl groups excluding tert-OH is 1. The summed E-state index contributed by atoms with van der Waals surface area (Å²) in [6.07, 6.45) is -2.16. The number of aliphatic hydroxyl groups is 1. The molecule has 134 valence electrons. The van der Waals surface area contributed by atoms with Gasteiger partial charge in [-0.2, -0.15) is 13.2 Å². The minimum Gasteiger partial charge on any atom is -0.475 e. The van der Waals surface area contributed by atoms with E-state index in [1.54, 1.807) is 0 Å². The second-order valence-corrected chi connectivity index (χ2v) is 5.57. The Balaban J connectivity index is 0.000000585. The number of amides is 1. The Bertz CT molecular complexity index is 426. The summed E-state index contributed by atoms with van der Waals surface area (Å²) in [6, 6.07) is 0. The molecule has 0 bridgehead atoms. The predicted molar refractivity (Wildman–Crippen MR) is 77.5 cm³/mol. The van der Waals surface area contributed by atoms with Gasteiger partial charge in [-0.25, -0.2) is 4.79 Å². The molecule has 1 aliphatic rings. The molecule has 1 aliphatic heterocycles. The van der Waals surface area contributed by atoms with Crippen LogP contribution in [0.25, 0.3) is 0 Å². The molecule has 1 unspecified atom stereocenters. The summed E-state index contributed by atoms with van der Waals surface area (Å²) >= 11 is 0. The summed E-state index contributed by atoms with van der Waals surface area (Å²) in [6.45, 7) is 6.99. The van der Waals surface area contributed by atoms with Crippen LogP contribution < -0.4 is 5.73 Å². The van der Waals surface area contributed by atoms with E-state index in [1.807, 2.05) is 0 Å². The first-order valence-corrected chi connectivity index (χ1v) is 7.08. The van der Waals surface area contributed by atoms with Crippen LogP contribution in [0.2, 0.25) is 0 Å². The lowest BCUT2D eigenvalue weighted by Gasteiger charge is -2.32. The molecule has 0 saturated carbocycles. The van der Waals surface area contributed by atoms with Gasteiger partial charge in [-0.3, -0.25) is 9.69 Å². The summed E-state index contributed by atoms with van der Waals surface area (Å²) in [5, 5.41) is 16.7. The van der Waals surface area contributed by atoms with Gasteiger partial charge in [0.05, 0.1) is 0 Å². The number of carbonyl (C=O) groups excluding carboxylic acids is 1. The maximum absolute atomic E-state index is 10.8. The number of aliphatic carboxylic acids is 1. The van der Waals surface area contributed by atoms with E-state index < -0.39 is 24.2 Å². The molecule has 0 aliphatic carbocycles. The fourth-order valence-corrected chi connectivity index (χ4v) is 2.00. The Morgan fingerprint density at radius 2 is 1.74 bits per heavy atom. The molecular weight excluding hydrogens is 317 g/mol. The summed E-state index contributed by atoms with van der Waals surface area (Å²) < 4.78 is 31.7. The van der Waals surface area contributed by atoms with Crippen molar-refractivity contribution in [2.45, 2.75) is 39.0 Å². The number of nitrogens with two attached hydrogens (primary N) is 1. The van der Waals surface area contributed by atoms with E-state index in [9.17, 15) is 23.1 Å². The molecule has 1 fully saturated rings. The number of halogens is 3. The molecule has 1 rings (SSSR count). The van der Waals surface area contributed by atoms with Gasteiger partial charge in [-0.05, 0) is 45.7 Å². The third kappa shape index (κ3) is 9.19. The summed E-state index contributed by atoms with van der Waals surface area (Å²) in [5.41, 5.74) is 6.41. The van der Waals surface area contributed by atoms with E-state index in [2.05, 4.69) is 24.8 Å². The highest BCUT2D eigenvalue weighted by atomic mass is 19.4. The van der Waals surface area contributed by atoms with E-state index in [0.29, 0.717) is 0 Å². The molecule has 0 aromatic carbocycles. The van der Waals surface area contributed by atoms with Crippen molar-refractivity contribution in [1.29, 1.82) is 0 Å². The highest BCUT2D eigenvalue weighted by molar-refractivity contribution is 5.78. The number of hydrogen-bond donors (Lipinski definition) is 3. The predicted octanol–water partition coefficient (Wildman–Crippen LogP) is 1.14. The maximum Gasteiger partial charge on any atom is 0.490 e. The van der Waals surface area contributed by atoms with Crippen LogP contribution in [0.1, 0.15) is 26.7 Å². The summed E-state index contributed by atoms with van der Waals surface area (Å²) in [4.78, 5) is 22.1. The van der Waals surface area contributed by atoms with Crippen LogP contribution in [0, 0.1) is 5.92 Å². The average molecular weight is 340 g/mol. The highest BCUT2D eigenvalue weighted by Gasteiger charge is 2.38. The second kappa shape index (κ2) is 9.51. The molecule has 0 aromatic heterocycles. The third-order valence-electron chi connectivity index (χ3n) is 3.37. The molecule has 9 heteroatoms. The van der Waals surface area contributed by atoms with Crippen molar-refractivity contribution < 1.29 is 33.0 Å². The SMILES string of the molecule is CC(C)=CCN1CCC(C(O)C(N)=O)CC1.O=C(O)C(F)(F)F. The number of carbonyl (C=O) groups is 2. The van der Waals surface area contributed by atoms with Crippen LogP contribution in [-0.2, 0) is 9.59 Å². The number of allylic oxidation sites excluding steroid dienone is 1. The van der Waals surface area contributed by atoms with Crippen molar-refractivity contribution in [3.05, 3.63) is 11.6 Å². The first-order valence-electron chi connectivity index (χ1n) is 7.08. The molecule has 1 amide bonds. The van der Waals surface area contributed by atoms with Crippen LogP contribution in [-0.4, -0.2) is 58.9 Å². The van der Waals surface area contributed by atoms with Crippen molar-refractivity contribution >= 4 is 11.9 Å². The second-order valence-electron chi connectivity index (χ2n) is 5.57. The van der Waals surface area contributed by atoms with Gasteiger partial charge >= 0.3 is 12.1 Å². The number of likely N-dealkylation sites (tertiary alicyclic amines) is 1. The molecule has 0 aromatic rings. The molecule has 0 radical (unpaired) electrons. The number of alkyl halides is 3. The van der Waals surface area contributed by atoms with Crippen LogP contribution in [0.5, 0.6) is 0 Å². The summed E-state index contributed by atoms with van der Waals surface area (Å²) in [7, 11) is 0. The van der Waals surface area contributed by atoms with E-state index in [1.165, 1.54) is 5.57 Å². The number of carboxylic acids is 1. The molecule has 1 heterocycles. The van der Waals surface area contributed by atoms with Gasteiger partial charge in [-0.15, -0.1) is 0 Å². The summed E-state index contributed by atoms with van der Waals surface area (Å²) in [5.74, 6) is -3.31. The number of hydrogen-bond acceptors (Lipinski definition) is 4. The zero-order valence-corrected chi connectivity index (χ0v) is 13.1. The Kier molecular flexibility index (Phi) is 8.85. The Hall–Kier alpha value is -1.61. The maximum atomic E-state index is 10.8. The zero-order chi connectivity index (χ0) is 18.2. The van der Waals surface area contributed by atoms with E-state index in [-0.39, 0.29) is 5.92 Å². The van der Waals surface area contributed by atoms with Gasteiger partial charge in [0.25, 0.3) is 0 Å². The van der Waals surface area contributed by atoms with Gasteiger partial charge in [0.2, 0.25) is 5.91 Å². The fraction of sp³-hybridized carbons (Fsp3) is 0.714. The molecule has 6 nitrogen and oxygen atoms in total. The number of rotatable bonds is 4. The Morgan fingerprint density at radius 1 is 1.30 bits per heavy atom. The van der Waals surface area contributed by atoms with Crippen LogP contribution in [0.15, 0.2) is 11.6 Å². The number of carboxylic acid groups (broad SMARTS) is 1. The van der Waals surface area contributed by atoms with Crippen LogP contribution in [0.4, 0.5) is 13.2 Å².